The van der Waals surface area contributed by atoms with E-state index in [1.165, 1.54) is 11.6 Å². The summed E-state index contributed by atoms with van der Waals surface area (Å²) in [5, 5.41) is 0.389. The predicted octanol–water partition coefficient (Wildman–Crippen LogP) is 1.32. The van der Waals surface area contributed by atoms with Crippen molar-refractivity contribution in [2.45, 2.75) is 31.7 Å². The lowest BCUT2D eigenvalue weighted by atomic mass is 9.98. The van der Waals surface area contributed by atoms with Crippen LogP contribution < -0.4 is 11.2 Å². The Kier molecular flexibility index (Phi) is 5.00. The molecule has 0 saturated carbocycles. The van der Waals surface area contributed by atoms with Crippen molar-refractivity contribution in [2.75, 3.05) is 6.54 Å². The zero-order valence-electron chi connectivity index (χ0n) is 16.5. The average Bonchev–Trinajstić information content (AvgIpc) is 2.76. The monoisotopic (exact) mass is 393 g/mol. The number of nitrogens with zero attached hydrogens (tertiary/aromatic N) is 5. The lowest BCUT2D eigenvalue weighted by Crippen LogP contribution is -2.40. The second-order valence-electron chi connectivity index (χ2n) is 7.41. The van der Waals surface area contributed by atoms with E-state index in [9.17, 15) is 14.4 Å². The first-order valence-electron chi connectivity index (χ1n) is 9.73. The van der Waals surface area contributed by atoms with Crippen molar-refractivity contribution < 1.29 is 4.79 Å². The molecule has 0 bridgehead atoms. The number of likely N-dealkylation sites (tertiary alicyclic amines) is 1. The first-order valence-corrected chi connectivity index (χ1v) is 9.73. The van der Waals surface area contributed by atoms with Crippen molar-refractivity contribution in [3.63, 3.8) is 0 Å². The van der Waals surface area contributed by atoms with E-state index in [4.69, 9.17) is 0 Å². The van der Waals surface area contributed by atoms with Crippen LogP contribution in [0.2, 0.25) is 0 Å². The highest BCUT2D eigenvalue weighted by atomic mass is 16.2. The molecule has 0 aliphatic carbocycles. The minimum absolute atomic E-state index is 0.00756. The van der Waals surface area contributed by atoms with Crippen molar-refractivity contribution in [1.29, 1.82) is 0 Å². The third-order valence-electron chi connectivity index (χ3n) is 5.55. The summed E-state index contributed by atoms with van der Waals surface area (Å²) < 4.78 is 2.45. The third kappa shape index (κ3) is 3.46. The van der Waals surface area contributed by atoms with E-state index >= 15 is 0 Å². The summed E-state index contributed by atoms with van der Waals surface area (Å²) in [6.45, 7) is 0.658. The maximum Gasteiger partial charge on any atom is 0.332 e. The van der Waals surface area contributed by atoms with E-state index in [0.717, 1.165) is 29.5 Å². The molecule has 8 heteroatoms. The molecular weight excluding hydrogens is 370 g/mol. The standard InChI is InChI=1S/C21H23N5O3/c1-24-19-15(20(28)25(2)21(24)29)9-10-16(23-19)17-8-4-6-12-26(17)18(27)13-14-7-3-5-11-22-14/h3,5,7,9-11,17H,4,6,8,12-13H2,1-2H3/t17-/m1/s1. The molecule has 1 amide bonds. The zero-order valence-corrected chi connectivity index (χ0v) is 16.5. The minimum Gasteiger partial charge on any atom is -0.334 e. The number of carbonyl (C=O) groups excluding carboxylic acids is 1. The molecular formula is C21H23N5O3. The SMILES string of the molecule is Cn1c(=O)c2ccc([C@H]3CCCCN3C(=O)Cc3ccccn3)nc2n(C)c1=O. The Morgan fingerprint density at radius 2 is 1.93 bits per heavy atom. The van der Waals surface area contributed by atoms with E-state index in [-0.39, 0.29) is 23.9 Å². The molecule has 150 valence electrons. The molecule has 1 saturated heterocycles. The molecule has 29 heavy (non-hydrogen) atoms. The molecule has 0 spiro atoms. The molecule has 0 unspecified atom stereocenters. The van der Waals surface area contributed by atoms with Gasteiger partial charge in [0.2, 0.25) is 5.91 Å². The molecule has 1 atom stereocenters. The summed E-state index contributed by atoms with van der Waals surface area (Å²) in [6, 6.07) is 8.86. The Bertz CT molecular complexity index is 1180. The number of fused-ring (bicyclic) bond motifs is 1. The number of amides is 1. The van der Waals surface area contributed by atoms with E-state index < -0.39 is 5.69 Å². The van der Waals surface area contributed by atoms with Crippen LogP contribution in [-0.2, 0) is 25.3 Å². The van der Waals surface area contributed by atoms with E-state index in [1.807, 2.05) is 23.1 Å². The van der Waals surface area contributed by atoms with Gasteiger partial charge in [-0.15, -0.1) is 0 Å². The Morgan fingerprint density at radius 1 is 1.10 bits per heavy atom. The van der Waals surface area contributed by atoms with Gasteiger partial charge in [0.15, 0.2) is 0 Å². The molecule has 1 aliphatic rings. The summed E-state index contributed by atoms with van der Waals surface area (Å²) in [7, 11) is 3.06. The molecule has 3 aromatic rings. The van der Waals surface area contributed by atoms with Crippen LogP contribution in [0.25, 0.3) is 11.0 Å². The molecule has 1 aliphatic heterocycles. The van der Waals surface area contributed by atoms with Gasteiger partial charge in [-0.25, -0.2) is 9.78 Å². The lowest BCUT2D eigenvalue weighted by molar-refractivity contribution is -0.134. The Balaban J connectivity index is 1.71. The second kappa shape index (κ2) is 7.62. The quantitative estimate of drug-likeness (QED) is 0.670. The van der Waals surface area contributed by atoms with Gasteiger partial charge in [-0.3, -0.25) is 23.7 Å². The van der Waals surface area contributed by atoms with Gasteiger partial charge in [0.1, 0.15) is 5.65 Å². The molecule has 0 N–H and O–H groups in total. The van der Waals surface area contributed by atoms with Gasteiger partial charge in [-0.1, -0.05) is 6.07 Å². The van der Waals surface area contributed by atoms with Crippen LogP contribution in [-0.4, -0.2) is 36.5 Å². The van der Waals surface area contributed by atoms with Crippen LogP contribution in [0, 0.1) is 0 Å². The highest BCUT2D eigenvalue weighted by Gasteiger charge is 2.29. The number of rotatable bonds is 3. The fourth-order valence-electron chi connectivity index (χ4n) is 3.95. The molecule has 8 nitrogen and oxygen atoms in total. The fraction of sp³-hybridized carbons (Fsp3) is 0.381. The maximum atomic E-state index is 13.0. The predicted molar refractivity (Wildman–Crippen MR) is 108 cm³/mol. The van der Waals surface area contributed by atoms with Crippen molar-refractivity contribution in [3.8, 4) is 0 Å². The van der Waals surface area contributed by atoms with Crippen LogP contribution in [0.4, 0.5) is 0 Å². The molecule has 0 radical (unpaired) electrons. The van der Waals surface area contributed by atoms with E-state index in [1.54, 1.807) is 25.4 Å². The number of pyridine rings is 2. The van der Waals surface area contributed by atoms with Gasteiger partial charge in [0.05, 0.1) is 23.5 Å². The smallest absolute Gasteiger partial charge is 0.332 e. The Labute approximate surface area is 167 Å². The molecule has 4 rings (SSSR count). The summed E-state index contributed by atoms with van der Waals surface area (Å²) in [5.74, 6) is 0.00756. The van der Waals surface area contributed by atoms with Gasteiger partial charge in [0.25, 0.3) is 5.56 Å². The van der Waals surface area contributed by atoms with Gasteiger partial charge < -0.3 is 4.90 Å². The highest BCUT2D eigenvalue weighted by molar-refractivity contribution is 5.79. The number of aromatic nitrogens is 4. The van der Waals surface area contributed by atoms with Gasteiger partial charge in [-0.05, 0) is 43.5 Å². The highest BCUT2D eigenvalue weighted by Crippen LogP contribution is 2.31. The third-order valence-corrected chi connectivity index (χ3v) is 5.55. The van der Waals surface area contributed by atoms with Gasteiger partial charge >= 0.3 is 5.69 Å². The number of aryl methyl sites for hydroxylation is 1. The van der Waals surface area contributed by atoms with Crippen LogP contribution in [0.5, 0.6) is 0 Å². The van der Waals surface area contributed by atoms with Crippen LogP contribution in [0.3, 0.4) is 0 Å². The topological polar surface area (TPSA) is 90.1 Å². The number of piperidine rings is 1. The number of carbonyl (C=O) groups is 1. The second-order valence-corrected chi connectivity index (χ2v) is 7.41. The number of hydrogen-bond donors (Lipinski definition) is 0. The van der Waals surface area contributed by atoms with Crippen LogP contribution >= 0.6 is 0 Å². The summed E-state index contributed by atoms with van der Waals surface area (Å²) >= 11 is 0. The normalized spacial score (nSPS) is 16.9. The lowest BCUT2D eigenvalue weighted by Gasteiger charge is -2.35. The fourth-order valence-corrected chi connectivity index (χ4v) is 3.95. The van der Waals surface area contributed by atoms with Crippen molar-refractivity contribution >= 4 is 16.9 Å². The van der Waals surface area contributed by atoms with Crippen LogP contribution in [0.15, 0.2) is 46.1 Å². The van der Waals surface area contributed by atoms with Crippen molar-refractivity contribution in [2.24, 2.45) is 14.1 Å². The minimum atomic E-state index is -0.418. The summed E-state index contributed by atoms with van der Waals surface area (Å²) in [4.78, 5) is 48.4. The zero-order chi connectivity index (χ0) is 20.5. The number of hydrogen-bond acceptors (Lipinski definition) is 5. The molecule has 1 fully saturated rings. The summed E-state index contributed by atoms with van der Waals surface area (Å²) in [5.41, 5.74) is 1.00. The molecule has 3 aromatic heterocycles. The first kappa shape index (κ1) is 19.0. The van der Waals surface area contributed by atoms with E-state index in [2.05, 4.69) is 9.97 Å². The Hall–Kier alpha value is -3.29. The van der Waals surface area contributed by atoms with Crippen molar-refractivity contribution in [3.05, 3.63) is 68.8 Å². The molecule has 0 aromatic carbocycles. The first-order chi connectivity index (χ1) is 14.0. The largest absolute Gasteiger partial charge is 0.334 e. The van der Waals surface area contributed by atoms with Gasteiger partial charge in [-0.2, -0.15) is 0 Å². The molecule has 4 heterocycles. The summed E-state index contributed by atoms with van der Waals surface area (Å²) in [6.07, 6.45) is 4.65. The van der Waals surface area contributed by atoms with Crippen LogP contribution in [0.1, 0.15) is 36.7 Å². The van der Waals surface area contributed by atoms with E-state index in [0.29, 0.717) is 23.3 Å². The Morgan fingerprint density at radius 3 is 2.69 bits per heavy atom. The average molecular weight is 393 g/mol. The van der Waals surface area contributed by atoms with Gasteiger partial charge in [0, 0.05) is 32.5 Å². The van der Waals surface area contributed by atoms with Crippen molar-refractivity contribution in [1.82, 2.24) is 24.0 Å². The maximum absolute atomic E-state index is 13.0.